The third kappa shape index (κ3) is 5.37. The van der Waals surface area contributed by atoms with Gasteiger partial charge in [0, 0.05) is 19.3 Å². The lowest BCUT2D eigenvalue weighted by atomic mass is 10.1. The third-order valence-corrected chi connectivity index (χ3v) is 3.32. The highest BCUT2D eigenvalue weighted by Crippen LogP contribution is 2.06. The summed E-state index contributed by atoms with van der Waals surface area (Å²) in [6, 6.07) is 12.1. The molecule has 0 spiro atoms. The fourth-order valence-electron chi connectivity index (χ4n) is 2.02. The number of halogens is 1. The van der Waals surface area contributed by atoms with Crippen LogP contribution in [0.15, 0.2) is 47.6 Å². The fraction of sp³-hybridized carbons (Fsp3) is 0.294. The lowest BCUT2D eigenvalue weighted by Gasteiger charge is -2.11. The van der Waals surface area contributed by atoms with Crippen LogP contribution >= 0.6 is 11.6 Å². The Labute approximate surface area is 136 Å². The molecule has 5 heteroatoms. The molecule has 0 atom stereocenters. The van der Waals surface area contributed by atoms with Crippen molar-refractivity contribution in [3.05, 3.63) is 64.4 Å². The van der Waals surface area contributed by atoms with Crippen LogP contribution in [0.2, 0.25) is 5.15 Å². The summed E-state index contributed by atoms with van der Waals surface area (Å²) in [4.78, 5) is 8.62. The van der Waals surface area contributed by atoms with E-state index >= 15 is 0 Å². The number of pyridine rings is 1. The number of aryl methyl sites for hydroxylation is 1. The predicted molar refractivity (Wildman–Crippen MR) is 92.1 cm³/mol. The predicted octanol–water partition coefficient (Wildman–Crippen LogP) is 3.30. The summed E-state index contributed by atoms with van der Waals surface area (Å²) in [5.74, 6) is 0.791. The molecule has 116 valence electrons. The SMILES string of the molecule is CCNC(=NCc1ccc(Cl)nc1)NCc1cccc(C)c1. The fourth-order valence-corrected chi connectivity index (χ4v) is 2.13. The summed E-state index contributed by atoms with van der Waals surface area (Å²) in [6.45, 7) is 6.27. The molecule has 2 rings (SSSR count). The number of nitrogens with one attached hydrogen (secondary N) is 2. The molecule has 1 aromatic heterocycles. The quantitative estimate of drug-likeness (QED) is 0.505. The second kappa shape index (κ2) is 8.39. The van der Waals surface area contributed by atoms with Gasteiger partial charge in [0.15, 0.2) is 5.96 Å². The molecule has 1 aromatic carbocycles. The highest BCUT2D eigenvalue weighted by molar-refractivity contribution is 6.29. The zero-order chi connectivity index (χ0) is 15.8. The molecule has 0 saturated heterocycles. The first-order valence-electron chi connectivity index (χ1n) is 7.35. The first-order chi connectivity index (χ1) is 10.7. The Kier molecular flexibility index (Phi) is 6.22. The standard InChI is InChI=1S/C17H21ClN4/c1-3-19-17(21-10-14-6-4-5-13(2)9-14)22-12-15-7-8-16(18)20-11-15/h4-9,11H,3,10,12H2,1-2H3,(H2,19,21,22). The number of nitrogens with zero attached hydrogens (tertiary/aromatic N) is 2. The van der Waals surface area contributed by atoms with E-state index in [1.165, 1.54) is 11.1 Å². The molecule has 4 nitrogen and oxygen atoms in total. The summed E-state index contributed by atoms with van der Waals surface area (Å²) >= 11 is 5.78. The molecule has 0 bridgehead atoms. The number of aliphatic imine (C=N–C) groups is 1. The van der Waals surface area contributed by atoms with Crippen LogP contribution in [-0.2, 0) is 13.1 Å². The summed E-state index contributed by atoms with van der Waals surface area (Å²) in [5.41, 5.74) is 3.52. The van der Waals surface area contributed by atoms with Gasteiger partial charge in [-0.05, 0) is 31.0 Å². The number of hydrogen-bond acceptors (Lipinski definition) is 2. The lowest BCUT2D eigenvalue weighted by molar-refractivity contribution is 0.815. The van der Waals surface area contributed by atoms with Gasteiger partial charge in [0.05, 0.1) is 6.54 Å². The summed E-state index contributed by atoms with van der Waals surface area (Å²) in [6.07, 6.45) is 1.75. The molecule has 0 amide bonds. The minimum atomic E-state index is 0.497. The molecular weight excluding hydrogens is 296 g/mol. The van der Waals surface area contributed by atoms with Gasteiger partial charge in [-0.1, -0.05) is 47.5 Å². The minimum absolute atomic E-state index is 0.497. The van der Waals surface area contributed by atoms with E-state index < -0.39 is 0 Å². The highest BCUT2D eigenvalue weighted by atomic mass is 35.5. The van der Waals surface area contributed by atoms with E-state index in [0.717, 1.165) is 24.6 Å². The van der Waals surface area contributed by atoms with Crippen LogP contribution in [0.4, 0.5) is 0 Å². The maximum Gasteiger partial charge on any atom is 0.191 e. The molecule has 2 aromatic rings. The molecule has 0 aliphatic rings. The topological polar surface area (TPSA) is 49.3 Å². The Morgan fingerprint density at radius 1 is 1.18 bits per heavy atom. The van der Waals surface area contributed by atoms with Gasteiger partial charge >= 0.3 is 0 Å². The van der Waals surface area contributed by atoms with Crippen molar-refractivity contribution in [3.63, 3.8) is 0 Å². The van der Waals surface area contributed by atoms with Gasteiger partial charge in [0.1, 0.15) is 5.15 Å². The van der Waals surface area contributed by atoms with E-state index in [4.69, 9.17) is 11.6 Å². The molecule has 0 fully saturated rings. The highest BCUT2D eigenvalue weighted by Gasteiger charge is 1.99. The van der Waals surface area contributed by atoms with Crippen LogP contribution in [0.1, 0.15) is 23.6 Å². The molecule has 22 heavy (non-hydrogen) atoms. The van der Waals surface area contributed by atoms with E-state index in [2.05, 4.69) is 51.8 Å². The van der Waals surface area contributed by atoms with Gasteiger partial charge in [0.2, 0.25) is 0 Å². The summed E-state index contributed by atoms with van der Waals surface area (Å²) in [5, 5.41) is 7.08. The van der Waals surface area contributed by atoms with Crippen molar-refractivity contribution in [1.29, 1.82) is 0 Å². The first kappa shape index (κ1) is 16.3. The largest absolute Gasteiger partial charge is 0.357 e. The Bertz CT molecular complexity index is 623. The van der Waals surface area contributed by atoms with Gasteiger partial charge in [0.25, 0.3) is 0 Å². The number of guanidine groups is 1. The zero-order valence-electron chi connectivity index (χ0n) is 12.9. The van der Waals surface area contributed by atoms with Crippen molar-refractivity contribution in [2.45, 2.75) is 26.9 Å². The number of hydrogen-bond donors (Lipinski definition) is 2. The van der Waals surface area contributed by atoms with Crippen molar-refractivity contribution in [1.82, 2.24) is 15.6 Å². The lowest BCUT2D eigenvalue weighted by Crippen LogP contribution is -2.36. The van der Waals surface area contributed by atoms with Crippen molar-refractivity contribution in [3.8, 4) is 0 Å². The molecule has 0 radical (unpaired) electrons. The maximum atomic E-state index is 5.78. The second-order valence-electron chi connectivity index (χ2n) is 5.03. The van der Waals surface area contributed by atoms with Gasteiger partial charge in [-0.25, -0.2) is 9.98 Å². The second-order valence-corrected chi connectivity index (χ2v) is 5.41. The van der Waals surface area contributed by atoms with Crippen LogP contribution in [-0.4, -0.2) is 17.5 Å². The van der Waals surface area contributed by atoms with E-state index in [1.807, 2.05) is 13.0 Å². The summed E-state index contributed by atoms with van der Waals surface area (Å²) in [7, 11) is 0. The molecule has 0 saturated carbocycles. The van der Waals surface area contributed by atoms with E-state index in [0.29, 0.717) is 11.7 Å². The number of aromatic nitrogens is 1. The van der Waals surface area contributed by atoms with E-state index in [-0.39, 0.29) is 0 Å². The van der Waals surface area contributed by atoms with Gasteiger partial charge in [-0.3, -0.25) is 0 Å². The van der Waals surface area contributed by atoms with E-state index in [9.17, 15) is 0 Å². The molecule has 2 N–H and O–H groups in total. The molecule has 0 aliphatic heterocycles. The number of rotatable bonds is 5. The third-order valence-electron chi connectivity index (χ3n) is 3.10. The van der Waals surface area contributed by atoms with Crippen LogP contribution in [0.5, 0.6) is 0 Å². The average Bonchev–Trinajstić information content (AvgIpc) is 2.52. The van der Waals surface area contributed by atoms with Crippen molar-refractivity contribution >= 4 is 17.6 Å². The van der Waals surface area contributed by atoms with Crippen molar-refractivity contribution in [2.24, 2.45) is 4.99 Å². The van der Waals surface area contributed by atoms with Gasteiger partial charge in [-0.15, -0.1) is 0 Å². The van der Waals surface area contributed by atoms with Crippen molar-refractivity contribution in [2.75, 3.05) is 6.54 Å². The monoisotopic (exact) mass is 316 g/mol. The van der Waals surface area contributed by atoms with Crippen LogP contribution in [0, 0.1) is 6.92 Å². The smallest absolute Gasteiger partial charge is 0.191 e. The van der Waals surface area contributed by atoms with E-state index in [1.54, 1.807) is 12.3 Å². The van der Waals surface area contributed by atoms with Crippen LogP contribution in [0.3, 0.4) is 0 Å². The van der Waals surface area contributed by atoms with Gasteiger partial charge in [-0.2, -0.15) is 0 Å². The van der Waals surface area contributed by atoms with Crippen molar-refractivity contribution < 1.29 is 0 Å². The average molecular weight is 317 g/mol. The molecule has 0 aliphatic carbocycles. The summed E-state index contributed by atoms with van der Waals surface area (Å²) < 4.78 is 0. The number of benzene rings is 1. The maximum absolute atomic E-state index is 5.78. The van der Waals surface area contributed by atoms with Crippen LogP contribution < -0.4 is 10.6 Å². The zero-order valence-corrected chi connectivity index (χ0v) is 13.7. The normalized spacial score (nSPS) is 11.3. The Morgan fingerprint density at radius 2 is 2.05 bits per heavy atom. The minimum Gasteiger partial charge on any atom is -0.357 e. The van der Waals surface area contributed by atoms with Crippen LogP contribution in [0.25, 0.3) is 0 Å². The molecular formula is C17H21ClN4. The Hall–Kier alpha value is -2.07. The Morgan fingerprint density at radius 3 is 2.73 bits per heavy atom. The molecule has 1 heterocycles. The Balaban J connectivity index is 1.96. The molecule has 0 unspecified atom stereocenters. The first-order valence-corrected chi connectivity index (χ1v) is 7.73. The van der Waals surface area contributed by atoms with Gasteiger partial charge < -0.3 is 10.6 Å².